The predicted molar refractivity (Wildman–Crippen MR) is 133 cm³/mol. The van der Waals surface area contributed by atoms with Crippen LogP contribution < -0.4 is 14.2 Å². The molecule has 0 spiro atoms. The van der Waals surface area contributed by atoms with Gasteiger partial charge in [-0.15, -0.1) is 0 Å². The molecule has 0 unspecified atom stereocenters. The van der Waals surface area contributed by atoms with E-state index < -0.39 is 66.6 Å². The molecule has 2 N–H and O–H groups in total. The molecule has 2 aromatic carbocycles. The van der Waals surface area contributed by atoms with Gasteiger partial charge >= 0.3 is 0 Å². The van der Waals surface area contributed by atoms with Gasteiger partial charge in [0, 0.05) is 13.1 Å². The Balaban J connectivity index is 1.97. The minimum Gasteiger partial charge on any atom is -0.495 e. The molecule has 36 heavy (non-hydrogen) atoms. The Morgan fingerprint density at radius 2 is 1.47 bits per heavy atom. The number of methoxy groups -OCH3 is 2. The van der Waals surface area contributed by atoms with Crippen LogP contribution in [0.5, 0.6) is 11.5 Å². The lowest BCUT2D eigenvalue weighted by atomic mass is 10.2. The van der Waals surface area contributed by atoms with Crippen molar-refractivity contribution in [1.29, 1.82) is 0 Å². The second-order valence-corrected chi connectivity index (χ2v) is 14.3. The average molecular weight is 563 g/mol. The molecule has 0 aromatic heterocycles. The number of aryl methyl sites for hydroxylation is 2. The summed E-state index contributed by atoms with van der Waals surface area (Å²) in [7, 11) is -9.61. The van der Waals surface area contributed by atoms with Gasteiger partial charge in [0.25, 0.3) is 0 Å². The van der Waals surface area contributed by atoms with E-state index in [1.807, 2.05) is 0 Å². The first kappa shape index (κ1) is 28.3. The molecule has 0 amide bonds. The lowest BCUT2D eigenvalue weighted by molar-refractivity contribution is 0.128. The monoisotopic (exact) mass is 562 g/mol. The highest BCUT2D eigenvalue weighted by Crippen LogP contribution is 2.31. The summed E-state index contributed by atoms with van der Waals surface area (Å²) in [5.74, 6) is -1.05. The van der Waals surface area contributed by atoms with Gasteiger partial charge in [0.1, 0.15) is 21.3 Å². The van der Waals surface area contributed by atoms with Crippen molar-refractivity contribution in [2.75, 3.05) is 38.8 Å². The van der Waals surface area contributed by atoms with Crippen molar-refractivity contribution in [1.82, 2.24) is 9.03 Å². The predicted octanol–water partition coefficient (Wildman–Crippen LogP) is 0.448. The van der Waals surface area contributed by atoms with Crippen LogP contribution in [0.4, 0.5) is 0 Å². The molecule has 3 rings (SSSR count). The Morgan fingerprint density at radius 1 is 0.944 bits per heavy atom. The second kappa shape index (κ2) is 10.6. The smallest absolute Gasteiger partial charge is 0.247 e. The molecule has 1 aliphatic rings. The number of hydrogen-bond donors (Lipinski definition) is 2. The second-order valence-electron chi connectivity index (χ2n) is 8.53. The van der Waals surface area contributed by atoms with Gasteiger partial charge in [0.05, 0.1) is 37.9 Å². The zero-order chi connectivity index (χ0) is 26.9. The Morgan fingerprint density at radius 3 is 1.97 bits per heavy atom. The van der Waals surface area contributed by atoms with Crippen molar-refractivity contribution in [3.8, 4) is 11.5 Å². The highest BCUT2D eigenvalue weighted by atomic mass is 32.2. The largest absolute Gasteiger partial charge is 0.495 e. The molecule has 11 nitrogen and oxygen atoms in total. The van der Waals surface area contributed by atoms with E-state index in [1.165, 1.54) is 38.5 Å². The van der Waals surface area contributed by atoms with E-state index in [4.69, 9.17) is 9.47 Å². The molecular weight excluding hydrogens is 532 g/mol. The summed E-state index contributed by atoms with van der Waals surface area (Å²) >= 11 is 0. The van der Waals surface area contributed by atoms with Crippen molar-refractivity contribution in [3.63, 3.8) is 0 Å². The van der Waals surface area contributed by atoms with Gasteiger partial charge in [-0.25, -0.2) is 30.0 Å². The van der Waals surface area contributed by atoms with Crippen LogP contribution in [-0.2, 0) is 29.9 Å². The summed E-state index contributed by atoms with van der Waals surface area (Å²) in [6.45, 7) is 2.56. The fourth-order valence-electron chi connectivity index (χ4n) is 4.02. The Bertz CT molecular complexity index is 1440. The van der Waals surface area contributed by atoms with Gasteiger partial charge in [0.2, 0.25) is 20.0 Å². The molecule has 2 aromatic rings. The molecule has 14 heteroatoms. The van der Waals surface area contributed by atoms with E-state index in [0.29, 0.717) is 11.1 Å². The maximum Gasteiger partial charge on any atom is 0.247 e. The zero-order valence-corrected chi connectivity index (χ0v) is 22.8. The SMILES string of the molecule is COc1ccc(C)cc1S(=O)(=O)NCCN([C@@H]1CS(=O)(=O)C[C@H]1O)S(=O)(=O)c1cc(C)ccc1OC. The van der Waals surface area contributed by atoms with E-state index >= 15 is 0 Å². The highest BCUT2D eigenvalue weighted by molar-refractivity contribution is 7.92. The van der Waals surface area contributed by atoms with E-state index in [-0.39, 0.29) is 21.3 Å². The van der Waals surface area contributed by atoms with Crippen LogP contribution >= 0.6 is 0 Å². The molecule has 1 aliphatic heterocycles. The zero-order valence-electron chi connectivity index (χ0n) is 20.3. The first-order valence-corrected chi connectivity index (χ1v) is 15.7. The summed E-state index contributed by atoms with van der Waals surface area (Å²) in [5, 5.41) is 10.5. The molecule has 0 aliphatic carbocycles. The fraction of sp³-hybridized carbons (Fsp3) is 0.455. The minimum absolute atomic E-state index is 0.0334. The van der Waals surface area contributed by atoms with Crippen LogP contribution in [0, 0.1) is 13.8 Å². The molecule has 0 radical (unpaired) electrons. The summed E-state index contributed by atoms with van der Waals surface area (Å²) < 4.78 is 91.3. The summed E-state index contributed by atoms with van der Waals surface area (Å²) in [4.78, 5) is -0.340. The standard InChI is InChI=1S/C22H30N2O9S3/c1-15-5-7-19(32-3)21(11-15)35(28,29)23-9-10-24(17-13-34(26,27)14-18(17)25)36(30,31)22-12-16(2)6-8-20(22)33-4/h5-8,11-12,17-18,23,25H,9-10,13-14H2,1-4H3/t17-,18-/m1/s1. The fourth-order valence-corrected chi connectivity index (χ4v) is 9.09. The highest BCUT2D eigenvalue weighted by Gasteiger charge is 2.45. The van der Waals surface area contributed by atoms with Crippen LogP contribution in [0.15, 0.2) is 46.2 Å². The Labute approximate surface area is 212 Å². The summed E-state index contributed by atoms with van der Waals surface area (Å²) in [6, 6.07) is 7.80. The van der Waals surface area contributed by atoms with Crippen LogP contribution in [0.2, 0.25) is 0 Å². The maximum atomic E-state index is 13.7. The lowest BCUT2D eigenvalue weighted by Crippen LogP contribution is -2.49. The number of sulfone groups is 1. The van der Waals surface area contributed by atoms with E-state index in [0.717, 1.165) is 4.31 Å². The normalized spacial score (nSPS) is 19.9. The molecule has 2 atom stereocenters. The molecule has 1 saturated heterocycles. The summed E-state index contributed by atoms with van der Waals surface area (Å²) in [6.07, 6.45) is -1.48. The van der Waals surface area contributed by atoms with Crippen molar-refractivity contribution in [2.45, 2.75) is 35.8 Å². The molecule has 0 bridgehead atoms. The number of aliphatic hydroxyl groups is 1. The molecule has 1 fully saturated rings. The number of aliphatic hydroxyl groups excluding tert-OH is 1. The number of nitrogens with one attached hydrogen (secondary N) is 1. The van der Waals surface area contributed by atoms with E-state index in [2.05, 4.69) is 4.72 Å². The number of sulfonamides is 2. The van der Waals surface area contributed by atoms with Gasteiger partial charge in [-0.3, -0.25) is 0 Å². The van der Waals surface area contributed by atoms with Gasteiger partial charge in [0.15, 0.2) is 9.84 Å². The van der Waals surface area contributed by atoms with Crippen LogP contribution in [-0.4, -0.2) is 85.6 Å². The number of nitrogens with zero attached hydrogens (tertiary/aromatic N) is 1. The quantitative estimate of drug-likeness (QED) is 0.420. The Hall–Kier alpha value is -2.23. The number of rotatable bonds is 10. The molecule has 0 saturated carbocycles. The van der Waals surface area contributed by atoms with Gasteiger partial charge in [-0.05, 0) is 49.2 Å². The topological polar surface area (TPSA) is 156 Å². The Kier molecular flexibility index (Phi) is 8.37. The van der Waals surface area contributed by atoms with Crippen LogP contribution in [0.1, 0.15) is 11.1 Å². The van der Waals surface area contributed by atoms with Crippen molar-refractivity contribution in [3.05, 3.63) is 47.5 Å². The lowest BCUT2D eigenvalue weighted by Gasteiger charge is -2.30. The van der Waals surface area contributed by atoms with Crippen molar-refractivity contribution >= 4 is 29.9 Å². The minimum atomic E-state index is -4.41. The third kappa shape index (κ3) is 6.01. The third-order valence-corrected chi connectivity index (χ3v) is 10.9. The molecular formula is C22H30N2O9S3. The first-order chi connectivity index (χ1) is 16.7. The van der Waals surface area contributed by atoms with Crippen LogP contribution in [0.25, 0.3) is 0 Å². The third-order valence-electron chi connectivity index (χ3n) is 5.80. The number of ether oxygens (including phenoxy) is 2. The van der Waals surface area contributed by atoms with Gasteiger partial charge in [-0.2, -0.15) is 4.31 Å². The first-order valence-electron chi connectivity index (χ1n) is 10.9. The van der Waals surface area contributed by atoms with Crippen molar-refractivity contribution in [2.24, 2.45) is 0 Å². The summed E-state index contributed by atoms with van der Waals surface area (Å²) in [5.41, 5.74) is 1.28. The van der Waals surface area contributed by atoms with Crippen molar-refractivity contribution < 1.29 is 39.8 Å². The molecule has 200 valence electrons. The van der Waals surface area contributed by atoms with Gasteiger partial charge in [-0.1, -0.05) is 12.1 Å². The molecule has 1 heterocycles. The number of benzene rings is 2. The van der Waals surface area contributed by atoms with E-state index in [1.54, 1.807) is 26.0 Å². The maximum absolute atomic E-state index is 13.7. The van der Waals surface area contributed by atoms with Gasteiger partial charge < -0.3 is 14.6 Å². The van der Waals surface area contributed by atoms with E-state index in [9.17, 15) is 30.4 Å². The average Bonchev–Trinajstić information content (AvgIpc) is 3.08. The van der Waals surface area contributed by atoms with Crippen LogP contribution in [0.3, 0.4) is 0 Å². The number of hydrogen-bond acceptors (Lipinski definition) is 9.